The topological polar surface area (TPSA) is 43.4 Å². The zero-order chi connectivity index (χ0) is 12.3. The van der Waals surface area contributed by atoms with Crippen LogP contribution in [0.15, 0.2) is 35.2 Å². The standard InChI is InChI=1S/C13H18O3S/c1-11-6-5-7-12(16-11)10-17(14,15)13-8-3-2-4-9-13/h2-4,8-9,11-12H,5-7,10H2,1H3/t11-,12+/m1/s1. The van der Waals surface area contributed by atoms with Crippen LogP contribution in [0.4, 0.5) is 0 Å². The minimum Gasteiger partial charge on any atom is -0.374 e. The fourth-order valence-corrected chi connectivity index (χ4v) is 3.69. The summed E-state index contributed by atoms with van der Waals surface area (Å²) in [6.45, 7) is 2.00. The van der Waals surface area contributed by atoms with Crippen molar-refractivity contribution < 1.29 is 13.2 Å². The molecule has 1 aliphatic heterocycles. The largest absolute Gasteiger partial charge is 0.374 e. The van der Waals surface area contributed by atoms with E-state index in [1.807, 2.05) is 13.0 Å². The molecule has 0 amide bonds. The summed E-state index contributed by atoms with van der Waals surface area (Å²) in [5.41, 5.74) is 0. The molecule has 1 aromatic carbocycles. The van der Waals surface area contributed by atoms with Gasteiger partial charge >= 0.3 is 0 Å². The van der Waals surface area contributed by atoms with Crippen molar-refractivity contribution in [2.45, 2.75) is 43.3 Å². The summed E-state index contributed by atoms with van der Waals surface area (Å²) < 4.78 is 29.9. The number of rotatable bonds is 3. The summed E-state index contributed by atoms with van der Waals surface area (Å²) in [6, 6.07) is 8.59. The molecule has 0 unspecified atom stereocenters. The molecule has 0 aliphatic carbocycles. The highest BCUT2D eigenvalue weighted by Gasteiger charge is 2.25. The molecule has 94 valence electrons. The highest BCUT2D eigenvalue weighted by molar-refractivity contribution is 7.91. The van der Waals surface area contributed by atoms with Crippen molar-refractivity contribution in [2.75, 3.05) is 5.75 Å². The van der Waals surface area contributed by atoms with Gasteiger partial charge in [-0.15, -0.1) is 0 Å². The van der Waals surface area contributed by atoms with E-state index >= 15 is 0 Å². The lowest BCUT2D eigenvalue weighted by molar-refractivity contribution is -0.0274. The third-order valence-corrected chi connectivity index (χ3v) is 4.87. The smallest absolute Gasteiger partial charge is 0.180 e. The molecule has 3 nitrogen and oxygen atoms in total. The molecule has 1 heterocycles. The number of ether oxygens (including phenoxy) is 1. The maximum absolute atomic E-state index is 12.1. The van der Waals surface area contributed by atoms with Gasteiger partial charge in [0.2, 0.25) is 0 Å². The van der Waals surface area contributed by atoms with Crippen LogP contribution in [0.3, 0.4) is 0 Å². The molecular formula is C13H18O3S. The van der Waals surface area contributed by atoms with Crippen LogP contribution >= 0.6 is 0 Å². The van der Waals surface area contributed by atoms with E-state index in [2.05, 4.69) is 0 Å². The van der Waals surface area contributed by atoms with Gasteiger partial charge in [-0.3, -0.25) is 0 Å². The zero-order valence-electron chi connectivity index (χ0n) is 10.0. The van der Waals surface area contributed by atoms with Gasteiger partial charge in [-0.1, -0.05) is 18.2 Å². The first-order chi connectivity index (χ1) is 8.08. The fourth-order valence-electron chi connectivity index (χ4n) is 2.19. The summed E-state index contributed by atoms with van der Waals surface area (Å²) >= 11 is 0. The lowest BCUT2D eigenvalue weighted by Gasteiger charge is -2.27. The van der Waals surface area contributed by atoms with E-state index < -0.39 is 9.84 Å². The third kappa shape index (κ3) is 3.30. The van der Waals surface area contributed by atoms with Gasteiger partial charge in [0, 0.05) is 0 Å². The van der Waals surface area contributed by atoms with Crippen LogP contribution in [0.5, 0.6) is 0 Å². The Morgan fingerprint density at radius 2 is 1.94 bits per heavy atom. The summed E-state index contributed by atoms with van der Waals surface area (Å²) in [5.74, 6) is 0.0986. The molecule has 2 rings (SSSR count). The Bertz CT molecular complexity index is 453. The van der Waals surface area contributed by atoms with Crippen LogP contribution in [-0.4, -0.2) is 26.4 Å². The first kappa shape index (κ1) is 12.6. The Hall–Kier alpha value is -0.870. The number of sulfone groups is 1. The summed E-state index contributed by atoms with van der Waals surface area (Å²) in [5, 5.41) is 0. The Balaban J connectivity index is 2.07. The van der Waals surface area contributed by atoms with Crippen LogP contribution in [0, 0.1) is 0 Å². The molecule has 0 spiro atoms. The summed E-state index contributed by atoms with van der Waals surface area (Å²) in [4.78, 5) is 0.391. The molecule has 1 aliphatic rings. The molecule has 0 aromatic heterocycles. The highest BCUT2D eigenvalue weighted by atomic mass is 32.2. The minimum atomic E-state index is -3.21. The third-order valence-electron chi connectivity index (χ3n) is 3.07. The van der Waals surface area contributed by atoms with E-state index in [-0.39, 0.29) is 18.0 Å². The van der Waals surface area contributed by atoms with Crippen molar-refractivity contribution in [2.24, 2.45) is 0 Å². The van der Waals surface area contributed by atoms with Gasteiger partial charge in [0.1, 0.15) is 0 Å². The molecule has 17 heavy (non-hydrogen) atoms. The van der Waals surface area contributed by atoms with E-state index in [1.54, 1.807) is 24.3 Å². The molecule has 2 atom stereocenters. The van der Waals surface area contributed by atoms with Gasteiger partial charge < -0.3 is 4.74 Å². The van der Waals surface area contributed by atoms with Crippen LogP contribution in [0.1, 0.15) is 26.2 Å². The molecule has 0 N–H and O–H groups in total. The van der Waals surface area contributed by atoms with E-state index in [0.29, 0.717) is 4.90 Å². The number of hydrogen-bond acceptors (Lipinski definition) is 3. The predicted octanol–water partition coefficient (Wildman–Crippen LogP) is 2.42. The van der Waals surface area contributed by atoms with E-state index in [4.69, 9.17) is 4.74 Å². The molecule has 4 heteroatoms. The Morgan fingerprint density at radius 3 is 2.59 bits per heavy atom. The van der Waals surface area contributed by atoms with Gasteiger partial charge in [-0.25, -0.2) is 8.42 Å². The zero-order valence-corrected chi connectivity index (χ0v) is 10.8. The number of benzene rings is 1. The van der Waals surface area contributed by atoms with Crippen molar-refractivity contribution in [1.82, 2.24) is 0 Å². The van der Waals surface area contributed by atoms with E-state index in [0.717, 1.165) is 19.3 Å². The molecular weight excluding hydrogens is 236 g/mol. The van der Waals surface area contributed by atoms with Crippen LogP contribution < -0.4 is 0 Å². The molecule has 0 saturated carbocycles. The molecule has 1 fully saturated rings. The van der Waals surface area contributed by atoms with E-state index in [9.17, 15) is 8.42 Å². The number of hydrogen-bond donors (Lipinski definition) is 0. The average molecular weight is 254 g/mol. The monoisotopic (exact) mass is 254 g/mol. The fraction of sp³-hybridized carbons (Fsp3) is 0.538. The second kappa shape index (κ2) is 5.19. The van der Waals surface area contributed by atoms with Gasteiger partial charge in [0.25, 0.3) is 0 Å². The normalized spacial score (nSPS) is 25.7. The van der Waals surface area contributed by atoms with E-state index in [1.165, 1.54) is 0 Å². The van der Waals surface area contributed by atoms with Gasteiger partial charge in [0.05, 0.1) is 22.9 Å². The van der Waals surface area contributed by atoms with Crippen molar-refractivity contribution >= 4 is 9.84 Å². The second-order valence-corrected chi connectivity index (χ2v) is 6.63. The molecule has 1 saturated heterocycles. The van der Waals surface area contributed by atoms with Gasteiger partial charge in [0.15, 0.2) is 9.84 Å². The SMILES string of the molecule is C[C@@H]1CCC[C@@H](CS(=O)(=O)c2ccccc2)O1. The van der Waals surface area contributed by atoms with Crippen molar-refractivity contribution in [3.05, 3.63) is 30.3 Å². The Kier molecular flexibility index (Phi) is 3.84. The van der Waals surface area contributed by atoms with Crippen LogP contribution in [0.2, 0.25) is 0 Å². The summed E-state index contributed by atoms with van der Waals surface area (Å²) in [7, 11) is -3.21. The second-order valence-electron chi connectivity index (χ2n) is 4.59. The molecule has 0 radical (unpaired) electrons. The van der Waals surface area contributed by atoms with Gasteiger partial charge in [-0.05, 0) is 38.3 Å². The Morgan fingerprint density at radius 1 is 1.24 bits per heavy atom. The lowest BCUT2D eigenvalue weighted by atomic mass is 10.1. The maximum Gasteiger partial charge on any atom is 0.180 e. The first-order valence-corrected chi connectivity index (χ1v) is 7.66. The van der Waals surface area contributed by atoms with Crippen LogP contribution in [-0.2, 0) is 14.6 Å². The first-order valence-electron chi connectivity index (χ1n) is 6.01. The lowest BCUT2D eigenvalue weighted by Crippen LogP contribution is -2.31. The van der Waals surface area contributed by atoms with Gasteiger partial charge in [-0.2, -0.15) is 0 Å². The minimum absolute atomic E-state index is 0.0986. The Labute approximate surface area is 103 Å². The predicted molar refractivity (Wildman–Crippen MR) is 66.7 cm³/mol. The average Bonchev–Trinajstić information content (AvgIpc) is 2.29. The summed E-state index contributed by atoms with van der Waals surface area (Å²) in [6.07, 6.45) is 2.96. The van der Waals surface area contributed by atoms with Crippen LogP contribution in [0.25, 0.3) is 0 Å². The highest BCUT2D eigenvalue weighted by Crippen LogP contribution is 2.22. The van der Waals surface area contributed by atoms with Crippen molar-refractivity contribution in [1.29, 1.82) is 0 Å². The maximum atomic E-state index is 12.1. The van der Waals surface area contributed by atoms with Crippen molar-refractivity contribution in [3.63, 3.8) is 0 Å². The molecule has 1 aromatic rings. The van der Waals surface area contributed by atoms with Crippen molar-refractivity contribution in [3.8, 4) is 0 Å². The molecule has 0 bridgehead atoms. The quantitative estimate of drug-likeness (QED) is 0.832.